The summed E-state index contributed by atoms with van der Waals surface area (Å²) in [5, 5.41) is 16.9. The molecule has 0 bridgehead atoms. The van der Waals surface area contributed by atoms with Crippen molar-refractivity contribution in [3.8, 4) is 12.1 Å². The SMILES string of the molecule is N#CCNS(=O)(=O)c1cc(C#N)cc(C(F)(F)F)c1. The summed E-state index contributed by atoms with van der Waals surface area (Å²) in [5.41, 5.74) is -1.68. The second kappa shape index (κ2) is 5.26. The molecular weight excluding hydrogens is 283 g/mol. The monoisotopic (exact) mass is 289 g/mol. The minimum absolute atomic E-state index is 0.403. The van der Waals surface area contributed by atoms with Gasteiger partial charge in [-0.1, -0.05) is 0 Å². The molecule has 0 aliphatic heterocycles. The average Bonchev–Trinajstić information content (AvgIpc) is 2.34. The number of hydrogen-bond donors (Lipinski definition) is 1. The molecule has 9 heteroatoms. The van der Waals surface area contributed by atoms with Gasteiger partial charge >= 0.3 is 6.18 Å². The molecule has 1 N–H and O–H groups in total. The molecule has 100 valence electrons. The van der Waals surface area contributed by atoms with Gasteiger partial charge in [0.05, 0.1) is 34.7 Å². The van der Waals surface area contributed by atoms with Gasteiger partial charge in [0.1, 0.15) is 0 Å². The van der Waals surface area contributed by atoms with Crippen molar-refractivity contribution in [1.29, 1.82) is 10.5 Å². The summed E-state index contributed by atoms with van der Waals surface area (Å²) in [4.78, 5) is -0.714. The van der Waals surface area contributed by atoms with Crippen molar-refractivity contribution >= 4 is 10.0 Å². The Bertz CT molecular complexity index is 669. The van der Waals surface area contributed by atoms with Crippen molar-refractivity contribution in [2.45, 2.75) is 11.1 Å². The van der Waals surface area contributed by atoms with Gasteiger partial charge in [-0.2, -0.15) is 28.4 Å². The fraction of sp³-hybridized carbons (Fsp3) is 0.200. The number of halogens is 3. The van der Waals surface area contributed by atoms with Crippen molar-refractivity contribution < 1.29 is 21.6 Å². The highest BCUT2D eigenvalue weighted by Crippen LogP contribution is 2.31. The van der Waals surface area contributed by atoms with Gasteiger partial charge < -0.3 is 0 Å². The van der Waals surface area contributed by atoms with Gasteiger partial charge in [0, 0.05) is 0 Å². The molecule has 1 rings (SSSR count). The number of nitrogens with one attached hydrogen (secondary N) is 1. The van der Waals surface area contributed by atoms with E-state index in [1.807, 2.05) is 0 Å². The second-order valence-electron chi connectivity index (χ2n) is 3.34. The Labute approximate surface area is 106 Å². The second-order valence-corrected chi connectivity index (χ2v) is 5.11. The van der Waals surface area contributed by atoms with Crippen LogP contribution >= 0.6 is 0 Å². The molecule has 19 heavy (non-hydrogen) atoms. The zero-order valence-corrected chi connectivity index (χ0v) is 10.0. The van der Waals surface area contributed by atoms with Gasteiger partial charge in [0.2, 0.25) is 10.0 Å². The highest BCUT2D eigenvalue weighted by molar-refractivity contribution is 7.89. The standard InChI is InChI=1S/C10H6F3N3O2S/c11-10(12,13)8-3-7(6-15)4-9(5-8)19(17,18)16-2-1-14/h3-5,16H,2H2. The Morgan fingerprint density at radius 2 is 1.84 bits per heavy atom. The number of nitriles is 2. The summed E-state index contributed by atoms with van der Waals surface area (Å²) in [6.45, 7) is -0.583. The molecular formula is C10H6F3N3O2S. The molecule has 0 saturated carbocycles. The van der Waals surface area contributed by atoms with Crippen LogP contribution in [0, 0.1) is 22.7 Å². The minimum Gasteiger partial charge on any atom is -0.207 e. The maximum absolute atomic E-state index is 12.5. The molecule has 0 aliphatic carbocycles. The summed E-state index contributed by atoms with van der Waals surface area (Å²) in [6, 6.07) is 4.69. The Morgan fingerprint density at radius 3 is 2.32 bits per heavy atom. The fourth-order valence-electron chi connectivity index (χ4n) is 1.19. The maximum Gasteiger partial charge on any atom is 0.416 e. The quantitative estimate of drug-likeness (QED) is 0.850. The number of benzene rings is 1. The summed E-state index contributed by atoms with van der Waals surface area (Å²) in [6.07, 6.45) is -4.77. The molecule has 0 radical (unpaired) electrons. The van der Waals surface area contributed by atoms with Crippen LogP contribution in [0.25, 0.3) is 0 Å². The third kappa shape index (κ3) is 3.68. The van der Waals surface area contributed by atoms with E-state index >= 15 is 0 Å². The van der Waals surface area contributed by atoms with Crippen LogP contribution in [0.4, 0.5) is 13.2 Å². The van der Waals surface area contributed by atoms with E-state index in [9.17, 15) is 21.6 Å². The van der Waals surface area contributed by atoms with Gasteiger partial charge in [-0.05, 0) is 18.2 Å². The highest BCUT2D eigenvalue weighted by atomic mass is 32.2. The number of sulfonamides is 1. The molecule has 0 heterocycles. The van der Waals surface area contributed by atoms with E-state index in [0.717, 1.165) is 6.07 Å². The van der Waals surface area contributed by atoms with Crippen molar-refractivity contribution in [1.82, 2.24) is 4.72 Å². The maximum atomic E-state index is 12.5. The van der Waals surface area contributed by atoms with E-state index in [2.05, 4.69) is 0 Å². The van der Waals surface area contributed by atoms with E-state index in [1.54, 1.807) is 4.72 Å². The van der Waals surface area contributed by atoms with Gasteiger partial charge in [0.15, 0.2) is 0 Å². The van der Waals surface area contributed by atoms with Gasteiger partial charge in [-0.15, -0.1) is 0 Å². The first kappa shape index (κ1) is 15.0. The number of alkyl halides is 3. The molecule has 0 saturated heterocycles. The largest absolute Gasteiger partial charge is 0.416 e. The van der Waals surface area contributed by atoms with Gasteiger partial charge in [-0.3, -0.25) is 0 Å². The van der Waals surface area contributed by atoms with Crippen LogP contribution < -0.4 is 4.72 Å². The van der Waals surface area contributed by atoms with Crippen LogP contribution in [0.3, 0.4) is 0 Å². The van der Waals surface area contributed by atoms with Crippen LogP contribution in [0.2, 0.25) is 0 Å². The average molecular weight is 289 g/mol. The molecule has 1 aromatic carbocycles. The lowest BCUT2D eigenvalue weighted by Crippen LogP contribution is -2.24. The number of nitrogens with zero attached hydrogens (tertiary/aromatic N) is 2. The minimum atomic E-state index is -4.77. The number of hydrogen-bond acceptors (Lipinski definition) is 4. The zero-order valence-electron chi connectivity index (χ0n) is 9.19. The molecule has 5 nitrogen and oxygen atoms in total. The lowest BCUT2D eigenvalue weighted by molar-refractivity contribution is -0.137. The van der Waals surface area contributed by atoms with Crippen molar-refractivity contribution in [3.05, 3.63) is 29.3 Å². The van der Waals surface area contributed by atoms with Crippen molar-refractivity contribution in [2.75, 3.05) is 6.54 Å². The molecule has 0 aliphatic rings. The van der Waals surface area contributed by atoms with E-state index in [-0.39, 0.29) is 0 Å². The Balaban J connectivity index is 3.38. The van der Waals surface area contributed by atoms with E-state index in [4.69, 9.17) is 10.5 Å². The topological polar surface area (TPSA) is 93.8 Å². The smallest absolute Gasteiger partial charge is 0.207 e. The summed E-state index contributed by atoms with van der Waals surface area (Å²) >= 11 is 0. The van der Waals surface area contributed by atoms with Crippen molar-refractivity contribution in [3.63, 3.8) is 0 Å². The lowest BCUT2D eigenvalue weighted by atomic mass is 10.1. The lowest BCUT2D eigenvalue weighted by Gasteiger charge is -2.10. The van der Waals surface area contributed by atoms with Gasteiger partial charge in [0.25, 0.3) is 0 Å². The van der Waals surface area contributed by atoms with E-state index in [1.165, 1.54) is 12.1 Å². The fourth-order valence-corrected chi connectivity index (χ4v) is 2.18. The molecule has 0 unspecified atom stereocenters. The molecule has 0 fully saturated rings. The Hall–Kier alpha value is -2.10. The molecule has 0 aromatic heterocycles. The summed E-state index contributed by atoms with van der Waals surface area (Å²) in [5.74, 6) is 0. The predicted molar refractivity (Wildman–Crippen MR) is 57.0 cm³/mol. The van der Waals surface area contributed by atoms with Crippen LogP contribution in [0.15, 0.2) is 23.1 Å². The number of rotatable bonds is 3. The third-order valence-electron chi connectivity index (χ3n) is 2.01. The highest BCUT2D eigenvalue weighted by Gasteiger charge is 2.32. The molecule has 0 spiro atoms. The van der Waals surface area contributed by atoms with Gasteiger partial charge in [-0.25, -0.2) is 8.42 Å². The summed E-state index contributed by atoms with van der Waals surface area (Å²) in [7, 11) is -4.26. The van der Waals surface area contributed by atoms with Crippen LogP contribution in [0.1, 0.15) is 11.1 Å². The first-order valence-electron chi connectivity index (χ1n) is 4.69. The first-order valence-corrected chi connectivity index (χ1v) is 6.18. The first-order chi connectivity index (χ1) is 8.70. The van der Waals surface area contributed by atoms with Crippen LogP contribution in [-0.2, 0) is 16.2 Å². The van der Waals surface area contributed by atoms with E-state index < -0.39 is 38.8 Å². The van der Waals surface area contributed by atoms with Crippen molar-refractivity contribution in [2.24, 2.45) is 0 Å². The normalized spacial score (nSPS) is 11.6. The Kier molecular flexibility index (Phi) is 4.14. The third-order valence-corrected chi connectivity index (χ3v) is 3.40. The van der Waals surface area contributed by atoms with Crippen LogP contribution in [0.5, 0.6) is 0 Å². The zero-order chi connectivity index (χ0) is 14.7. The molecule has 0 atom stereocenters. The predicted octanol–water partition coefficient (Wildman–Crippen LogP) is 1.38. The summed E-state index contributed by atoms with van der Waals surface area (Å²) < 4.78 is 62.6. The van der Waals surface area contributed by atoms with Crippen LogP contribution in [-0.4, -0.2) is 15.0 Å². The molecule has 0 amide bonds. The van der Waals surface area contributed by atoms with E-state index in [0.29, 0.717) is 12.1 Å². The molecule has 1 aromatic rings. The Morgan fingerprint density at radius 1 is 1.21 bits per heavy atom.